The molecule has 2 atom stereocenters. The van der Waals surface area contributed by atoms with E-state index in [0.717, 1.165) is 70.6 Å². The van der Waals surface area contributed by atoms with E-state index in [9.17, 15) is 19.2 Å². The largest absolute Gasteiger partial charge is 0.480 e. The highest BCUT2D eigenvalue weighted by Crippen LogP contribution is 2.17. The van der Waals surface area contributed by atoms with Crippen molar-refractivity contribution < 1.29 is 34.1 Å². The number of carbonyl (C=O) groups is 4. The van der Waals surface area contributed by atoms with E-state index in [1.165, 1.54) is 51.4 Å². The zero-order valence-corrected chi connectivity index (χ0v) is 27.2. The molecule has 0 saturated heterocycles. The number of carboxylic acids is 1. The molecule has 0 aromatic heterocycles. The van der Waals surface area contributed by atoms with E-state index in [-0.39, 0.29) is 30.9 Å². The van der Waals surface area contributed by atoms with Gasteiger partial charge in [0.05, 0.1) is 13.2 Å². The minimum Gasteiger partial charge on any atom is -0.480 e. The zero-order chi connectivity index (χ0) is 32.0. The Morgan fingerprint density at radius 2 is 1.19 bits per heavy atom. The molecular weight excluding hydrogens is 548 g/mol. The first-order valence-electron chi connectivity index (χ1n) is 17.1. The third kappa shape index (κ3) is 26.9. The number of aliphatic hydroxyl groups excluding tert-OH is 1. The SMILES string of the molecule is CCCCCCC/C=C\CCCCCCCC(=O)OC(CCCCC)CCCCCC(=O)NCC(=O)NC(CO)C(=O)O. The fourth-order valence-electron chi connectivity index (χ4n) is 4.82. The van der Waals surface area contributed by atoms with Crippen LogP contribution in [0.2, 0.25) is 0 Å². The highest BCUT2D eigenvalue weighted by atomic mass is 16.5. The minimum absolute atomic E-state index is 0.0799. The molecule has 43 heavy (non-hydrogen) atoms. The number of ether oxygens (including phenoxy) is 1. The van der Waals surface area contributed by atoms with E-state index in [4.69, 9.17) is 14.9 Å². The van der Waals surface area contributed by atoms with E-state index in [1.807, 2.05) is 0 Å². The third-order valence-corrected chi connectivity index (χ3v) is 7.51. The molecule has 2 amide bonds. The molecule has 0 aliphatic carbocycles. The Balaban J connectivity index is 4.02. The Morgan fingerprint density at radius 3 is 1.79 bits per heavy atom. The molecule has 0 radical (unpaired) electrons. The number of carboxylic acid groups (broad SMARTS) is 1. The van der Waals surface area contributed by atoms with Crippen molar-refractivity contribution in [3.8, 4) is 0 Å². The molecule has 2 unspecified atom stereocenters. The fraction of sp³-hybridized carbons (Fsp3) is 0.824. The van der Waals surface area contributed by atoms with Gasteiger partial charge in [0.25, 0.3) is 0 Å². The first kappa shape index (κ1) is 40.6. The maximum absolute atomic E-state index is 12.5. The number of rotatable bonds is 30. The lowest BCUT2D eigenvalue weighted by atomic mass is 10.0. The van der Waals surface area contributed by atoms with Crippen LogP contribution in [0.4, 0.5) is 0 Å². The van der Waals surface area contributed by atoms with Crippen molar-refractivity contribution in [1.29, 1.82) is 0 Å². The molecule has 0 aromatic rings. The molecule has 0 aliphatic rings. The average molecular weight is 611 g/mol. The summed E-state index contributed by atoms with van der Waals surface area (Å²) in [6, 6.07) is -1.39. The molecule has 0 spiro atoms. The summed E-state index contributed by atoms with van der Waals surface area (Å²) < 4.78 is 5.83. The zero-order valence-electron chi connectivity index (χ0n) is 27.2. The number of amides is 2. The van der Waals surface area contributed by atoms with Crippen molar-refractivity contribution in [2.75, 3.05) is 13.2 Å². The van der Waals surface area contributed by atoms with Gasteiger partial charge in [-0.1, -0.05) is 90.2 Å². The van der Waals surface area contributed by atoms with Crippen LogP contribution in [0.25, 0.3) is 0 Å². The van der Waals surface area contributed by atoms with Gasteiger partial charge < -0.3 is 25.6 Å². The second-order valence-corrected chi connectivity index (χ2v) is 11.6. The van der Waals surface area contributed by atoms with Crippen molar-refractivity contribution in [3.05, 3.63) is 12.2 Å². The van der Waals surface area contributed by atoms with Crippen molar-refractivity contribution in [2.45, 2.75) is 167 Å². The first-order chi connectivity index (χ1) is 20.8. The Labute approximate surface area is 261 Å². The first-order valence-corrected chi connectivity index (χ1v) is 17.1. The summed E-state index contributed by atoms with van der Waals surface area (Å²) in [5.74, 6) is -2.40. The Bertz CT molecular complexity index is 757. The monoisotopic (exact) mass is 610 g/mol. The Hall–Kier alpha value is -2.42. The van der Waals surface area contributed by atoms with Crippen LogP contribution in [0.1, 0.15) is 155 Å². The standard InChI is InChI=1S/C34H62N2O7/c1-3-5-7-8-9-10-11-12-13-14-15-16-17-22-26-33(40)43-29(23-19-6-4-2)24-20-18-21-25-31(38)35-27-32(39)36-30(28-37)34(41)42/h11-12,29-30,37H,3-10,13-28H2,1-2H3,(H,35,38)(H,36,39)(H,41,42)/b12-11-. The number of allylic oxidation sites excluding steroid dienone is 2. The summed E-state index contributed by atoms with van der Waals surface area (Å²) in [6.07, 6.45) is 27.0. The van der Waals surface area contributed by atoms with Gasteiger partial charge in [-0.3, -0.25) is 14.4 Å². The van der Waals surface area contributed by atoms with Gasteiger partial charge in [0.1, 0.15) is 12.1 Å². The van der Waals surface area contributed by atoms with Crippen LogP contribution in [0.15, 0.2) is 12.2 Å². The van der Waals surface area contributed by atoms with E-state index in [0.29, 0.717) is 12.8 Å². The summed E-state index contributed by atoms with van der Waals surface area (Å²) in [5, 5.41) is 22.4. The number of carbonyl (C=O) groups excluding carboxylic acids is 3. The number of esters is 1. The molecule has 0 bridgehead atoms. The number of aliphatic carboxylic acids is 1. The lowest BCUT2D eigenvalue weighted by Crippen LogP contribution is -2.47. The lowest BCUT2D eigenvalue weighted by molar-refractivity contribution is -0.150. The van der Waals surface area contributed by atoms with Crippen molar-refractivity contribution in [2.24, 2.45) is 0 Å². The van der Waals surface area contributed by atoms with Gasteiger partial charge in [0, 0.05) is 12.8 Å². The Kier molecular flexibility index (Phi) is 28.0. The van der Waals surface area contributed by atoms with Crippen LogP contribution in [0.3, 0.4) is 0 Å². The summed E-state index contributed by atoms with van der Waals surface area (Å²) >= 11 is 0. The number of unbranched alkanes of at least 4 members (excludes halogenated alkanes) is 14. The van der Waals surface area contributed by atoms with Gasteiger partial charge in [-0.2, -0.15) is 0 Å². The molecule has 9 nitrogen and oxygen atoms in total. The van der Waals surface area contributed by atoms with Crippen LogP contribution in [-0.2, 0) is 23.9 Å². The van der Waals surface area contributed by atoms with Crippen molar-refractivity contribution >= 4 is 23.8 Å². The maximum Gasteiger partial charge on any atom is 0.328 e. The average Bonchev–Trinajstić information content (AvgIpc) is 2.98. The van der Waals surface area contributed by atoms with Gasteiger partial charge >= 0.3 is 11.9 Å². The molecule has 0 aromatic carbocycles. The highest BCUT2D eigenvalue weighted by Gasteiger charge is 2.19. The van der Waals surface area contributed by atoms with Crippen LogP contribution in [-0.4, -0.2) is 59.3 Å². The number of aliphatic hydroxyl groups is 1. The molecule has 0 aliphatic heterocycles. The van der Waals surface area contributed by atoms with Crippen LogP contribution in [0, 0.1) is 0 Å². The second-order valence-electron chi connectivity index (χ2n) is 11.6. The smallest absolute Gasteiger partial charge is 0.328 e. The van der Waals surface area contributed by atoms with Gasteiger partial charge in [-0.15, -0.1) is 0 Å². The van der Waals surface area contributed by atoms with Gasteiger partial charge in [-0.25, -0.2) is 4.79 Å². The molecule has 0 saturated carbocycles. The molecule has 0 heterocycles. The van der Waals surface area contributed by atoms with Gasteiger partial charge in [-0.05, 0) is 64.2 Å². The summed E-state index contributed by atoms with van der Waals surface area (Å²) in [5.41, 5.74) is 0. The molecular formula is C34H62N2O7. The van der Waals surface area contributed by atoms with Crippen LogP contribution in [0.5, 0.6) is 0 Å². The molecule has 250 valence electrons. The minimum atomic E-state index is -1.39. The third-order valence-electron chi connectivity index (χ3n) is 7.51. The van der Waals surface area contributed by atoms with Crippen molar-refractivity contribution in [3.63, 3.8) is 0 Å². The van der Waals surface area contributed by atoms with Gasteiger partial charge in [0.2, 0.25) is 11.8 Å². The predicted molar refractivity (Wildman–Crippen MR) is 172 cm³/mol. The van der Waals surface area contributed by atoms with Gasteiger partial charge in [0.15, 0.2) is 0 Å². The quantitative estimate of drug-likeness (QED) is 0.0400. The summed E-state index contributed by atoms with van der Waals surface area (Å²) in [7, 11) is 0. The van der Waals surface area contributed by atoms with Crippen molar-refractivity contribution in [1.82, 2.24) is 10.6 Å². The number of hydrogen-bond acceptors (Lipinski definition) is 6. The Morgan fingerprint density at radius 1 is 0.674 bits per heavy atom. The normalized spacial score (nSPS) is 12.6. The topological polar surface area (TPSA) is 142 Å². The van der Waals surface area contributed by atoms with Crippen LogP contribution >= 0.6 is 0 Å². The van der Waals surface area contributed by atoms with E-state index >= 15 is 0 Å². The van der Waals surface area contributed by atoms with E-state index in [2.05, 4.69) is 36.6 Å². The summed E-state index contributed by atoms with van der Waals surface area (Å²) in [4.78, 5) is 47.0. The number of hydrogen-bond donors (Lipinski definition) is 4. The fourth-order valence-corrected chi connectivity index (χ4v) is 4.82. The van der Waals surface area contributed by atoms with Crippen LogP contribution < -0.4 is 10.6 Å². The molecule has 4 N–H and O–H groups in total. The second kappa shape index (κ2) is 29.6. The maximum atomic E-state index is 12.5. The molecule has 0 rings (SSSR count). The lowest BCUT2D eigenvalue weighted by Gasteiger charge is -2.18. The summed E-state index contributed by atoms with van der Waals surface area (Å²) in [6.45, 7) is 3.34. The van der Waals surface area contributed by atoms with E-state index in [1.54, 1.807) is 0 Å². The highest BCUT2D eigenvalue weighted by molar-refractivity contribution is 5.87. The number of nitrogens with one attached hydrogen (secondary N) is 2. The molecule has 0 fully saturated rings. The predicted octanol–water partition coefficient (Wildman–Crippen LogP) is 6.75. The van der Waals surface area contributed by atoms with E-state index < -0.39 is 24.5 Å². The molecule has 9 heteroatoms.